The van der Waals surface area contributed by atoms with Crippen LogP contribution in [0.1, 0.15) is 28.8 Å². The first-order valence-electron chi connectivity index (χ1n) is 10.3. The molecule has 1 fully saturated rings. The molecule has 3 heterocycles. The third-order valence-electron chi connectivity index (χ3n) is 6.34. The van der Waals surface area contributed by atoms with E-state index < -0.39 is 0 Å². The Morgan fingerprint density at radius 2 is 1.70 bits per heavy atom. The predicted molar refractivity (Wildman–Crippen MR) is 117 cm³/mol. The van der Waals surface area contributed by atoms with Gasteiger partial charge in [-0.2, -0.15) is 0 Å². The lowest BCUT2D eigenvalue weighted by molar-refractivity contribution is 0.174. The van der Waals surface area contributed by atoms with Crippen LogP contribution < -0.4 is 25.2 Å². The molecule has 0 bridgehead atoms. The molecule has 6 rings (SSSR count). The second-order valence-electron chi connectivity index (χ2n) is 8.09. The van der Waals surface area contributed by atoms with Crippen molar-refractivity contribution in [3.8, 4) is 11.5 Å². The lowest BCUT2D eigenvalue weighted by Gasteiger charge is -2.39. The molecule has 3 aliphatic heterocycles. The number of hydrogen-bond donors (Lipinski definition) is 2. The van der Waals surface area contributed by atoms with Gasteiger partial charge in [0.25, 0.3) is 0 Å². The van der Waals surface area contributed by atoms with Gasteiger partial charge in [-0.1, -0.05) is 48.0 Å². The number of para-hydroxylation sites is 1. The van der Waals surface area contributed by atoms with Crippen molar-refractivity contribution in [2.75, 3.05) is 18.2 Å². The molecule has 3 aliphatic rings. The van der Waals surface area contributed by atoms with Gasteiger partial charge in [-0.15, -0.1) is 0 Å². The van der Waals surface area contributed by atoms with Crippen molar-refractivity contribution < 1.29 is 9.47 Å². The number of rotatable bonds is 3. The van der Waals surface area contributed by atoms with Gasteiger partial charge in [-0.05, 0) is 47.0 Å². The molecule has 0 saturated carbocycles. The van der Waals surface area contributed by atoms with Crippen molar-refractivity contribution >= 4 is 17.3 Å². The quantitative estimate of drug-likeness (QED) is 0.649. The van der Waals surface area contributed by atoms with Gasteiger partial charge in [0.1, 0.15) is 0 Å². The number of nitrogens with one attached hydrogen (secondary N) is 2. The maximum atomic E-state index is 6.09. The molecule has 0 aromatic heterocycles. The molecule has 6 heteroatoms. The molecule has 3 unspecified atom stereocenters. The minimum absolute atomic E-state index is 0.186. The molecule has 0 spiro atoms. The summed E-state index contributed by atoms with van der Waals surface area (Å²) in [5, 5.41) is 0.768. The third-order valence-corrected chi connectivity index (χ3v) is 6.59. The summed E-state index contributed by atoms with van der Waals surface area (Å²) < 4.78 is 11.1. The van der Waals surface area contributed by atoms with Crippen molar-refractivity contribution in [1.82, 2.24) is 10.9 Å². The largest absolute Gasteiger partial charge is 0.454 e. The highest BCUT2D eigenvalue weighted by Gasteiger charge is 2.43. The zero-order chi connectivity index (χ0) is 20.1. The third kappa shape index (κ3) is 3.01. The van der Waals surface area contributed by atoms with Crippen LogP contribution >= 0.6 is 11.6 Å². The highest BCUT2D eigenvalue weighted by Crippen LogP contribution is 2.46. The van der Waals surface area contributed by atoms with Crippen LogP contribution in [-0.2, 0) is 6.54 Å². The fourth-order valence-corrected chi connectivity index (χ4v) is 5.02. The zero-order valence-electron chi connectivity index (χ0n) is 16.3. The first-order chi connectivity index (χ1) is 14.8. The van der Waals surface area contributed by atoms with E-state index >= 15 is 0 Å². The first kappa shape index (κ1) is 18.1. The van der Waals surface area contributed by atoms with Crippen molar-refractivity contribution in [1.29, 1.82) is 0 Å². The second-order valence-corrected chi connectivity index (χ2v) is 8.52. The van der Waals surface area contributed by atoms with E-state index in [0.717, 1.165) is 29.6 Å². The van der Waals surface area contributed by atoms with Crippen LogP contribution in [0.15, 0.2) is 66.7 Å². The van der Waals surface area contributed by atoms with Crippen LogP contribution in [0.25, 0.3) is 0 Å². The van der Waals surface area contributed by atoms with Gasteiger partial charge in [0, 0.05) is 29.7 Å². The molecular formula is C24H22ClN3O2. The molecule has 1 saturated heterocycles. The maximum Gasteiger partial charge on any atom is 0.231 e. The molecule has 0 radical (unpaired) electrons. The van der Waals surface area contributed by atoms with Gasteiger partial charge in [-0.25, -0.2) is 10.9 Å². The summed E-state index contributed by atoms with van der Waals surface area (Å²) in [5.41, 5.74) is 12.2. The van der Waals surface area contributed by atoms with Gasteiger partial charge in [0.2, 0.25) is 6.79 Å². The molecule has 3 atom stereocenters. The second kappa shape index (κ2) is 7.20. The fourth-order valence-electron chi connectivity index (χ4n) is 4.89. The summed E-state index contributed by atoms with van der Waals surface area (Å²) in [6.07, 6.45) is 0. The molecule has 3 aromatic carbocycles. The Kier molecular flexibility index (Phi) is 4.34. The lowest BCUT2D eigenvalue weighted by atomic mass is 9.82. The maximum absolute atomic E-state index is 6.09. The van der Waals surface area contributed by atoms with E-state index in [4.69, 9.17) is 21.1 Å². The summed E-state index contributed by atoms with van der Waals surface area (Å²) in [7, 11) is 0. The normalized spacial score (nSPS) is 23.9. The summed E-state index contributed by atoms with van der Waals surface area (Å²) in [4.78, 5) is 2.48. The van der Waals surface area contributed by atoms with E-state index in [1.165, 1.54) is 22.4 Å². The van der Waals surface area contributed by atoms with E-state index in [1.807, 2.05) is 18.2 Å². The molecule has 5 nitrogen and oxygen atoms in total. The standard InChI is InChI=1S/C24H22ClN3O2/c25-17-8-5-15(6-9-17)12-28-13-19-23(16-7-10-21-22(11-16)30-14-29-21)26-27-24(19)18-3-1-2-4-20(18)28/h1-11,19,23-24,26-27H,12-14H2. The Hall–Kier alpha value is -2.73. The highest BCUT2D eigenvalue weighted by atomic mass is 35.5. The van der Waals surface area contributed by atoms with Crippen LogP contribution in [0.2, 0.25) is 5.02 Å². The Morgan fingerprint density at radius 3 is 2.60 bits per heavy atom. The topological polar surface area (TPSA) is 45.8 Å². The molecule has 152 valence electrons. The number of ether oxygens (including phenoxy) is 2. The molecule has 0 aliphatic carbocycles. The number of nitrogens with zero attached hydrogens (tertiary/aromatic N) is 1. The van der Waals surface area contributed by atoms with Crippen LogP contribution in [0, 0.1) is 5.92 Å². The molecule has 3 aromatic rings. The van der Waals surface area contributed by atoms with Crippen molar-refractivity contribution in [2.24, 2.45) is 5.92 Å². The monoisotopic (exact) mass is 419 g/mol. The van der Waals surface area contributed by atoms with Gasteiger partial charge >= 0.3 is 0 Å². The van der Waals surface area contributed by atoms with E-state index in [1.54, 1.807) is 0 Å². The number of benzene rings is 3. The highest BCUT2D eigenvalue weighted by molar-refractivity contribution is 6.30. The zero-order valence-corrected chi connectivity index (χ0v) is 17.1. The van der Waals surface area contributed by atoms with E-state index in [-0.39, 0.29) is 12.1 Å². The summed E-state index contributed by atoms with van der Waals surface area (Å²) in [6, 6.07) is 23.5. The summed E-state index contributed by atoms with van der Waals surface area (Å²) >= 11 is 6.09. The molecule has 0 amide bonds. The van der Waals surface area contributed by atoms with Gasteiger partial charge in [0.15, 0.2) is 11.5 Å². The Labute approximate surface area is 180 Å². The minimum Gasteiger partial charge on any atom is -0.454 e. The summed E-state index contributed by atoms with van der Waals surface area (Å²) in [5.74, 6) is 2.03. The van der Waals surface area contributed by atoms with Crippen molar-refractivity contribution in [3.05, 3.63) is 88.4 Å². The van der Waals surface area contributed by atoms with Crippen LogP contribution in [0.3, 0.4) is 0 Å². The van der Waals surface area contributed by atoms with E-state index in [2.05, 4.69) is 64.3 Å². The van der Waals surface area contributed by atoms with Gasteiger partial charge in [0.05, 0.1) is 12.1 Å². The number of anilines is 1. The average Bonchev–Trinajstić information content (AvgIpc) is 3.42. The number of halogens is 1. The number of hydrazine groups is 1. The van der Waals surface area contributed by atoms with Crippen LogP contribution in [0.4, 0.5) is 5.69 Å². The van der Waals surface area contributed by atoms with Crippen molar-refractivity contribution in [2.45, 2.75) is 18.6 Å². The Balaban J connectivity index is 1.34. The smallest absolute Gasteiger partial charge is 0.231 e. The Bertz CT molecular complexity index is 1090. The SMILES string of the molecule is Clc1ccc(CN2CC3C(c4ccc5c(c4)OCO5)NNC3c3ccccc32)cc1. The Morgan fingerprint density at radius 1 is 0.900 bits per heavy atom. The van der Waals surface area contributed by atoms with Gasteiger partial charge < -0.3 is 14.4 Å². The van der Waals surface area contributed by atoms with Crippen LogP contribution in [-0.4, -0.2) is 13.3 Å². The number of fused-ring (bicyclic) bond motifs is 4. The number of hydrogen-bond acceptors (Lipinski definition) is 5. The molecule has 2 N–H and O–H groups in total. The van der Waals surface area contributed by atoms with Crippen LogP contribution in [0.5, 0.6) is 11.5 Å². The predicted octanol–water partition coefficient (Wildman–Crippen LogP) is 4.60. The van der Waals surface area contributed by atoms with Gasteiger partial charge in [-0.3, -0.25) is 0 Å². The lowest BCUT2D eigenvalue weighted by Crippen LogP contribution is -2.39. The minimum atomic E-state index is 0.186. The van der Waals surface area contributed by atoms with E-state index in [0.29, 0.717) is 12.7 Å². The first-order valence-corrected chi connectivity index (χ1v) is 10.6. The molecule has 30 heavy (non-hydrogen) atoms. The van der Waals surface area contributed by atoms with E-state index in [9.17, 15) is 0 Å². The molecular weight excluding hydrogens is 398 g/mol. The fraction of sp³-hybridized carbons (Fsp3) is 0.250. The summed E-state index contributed by atoms with van der Waals surface area (Å²) in [6.45, 7) is 2.10. The van der Waals surface area contributed by atoms with Crippen molar-refractivity contribution in [3.63, 3.8) is 0 Å². The average molecular weight is 420 g/mol.